The number of allylic oxidation sites excluding steroid dienone is 2. The van der Waals surface area contributed by atoms with Gasteiger partial charge in [-0.2, -0.15) is 13.2 Å². The lowest BCUT2D eigenvalue weighted by Crippen LogP contribution is -2.08. The lowest BCUT2D eigenvalue weighted by molar-refractivity contribution is -0.141. The number of halogens is 3. The Morgan fingerprint density at radius 2 is 1.71 bits per heavy atom. The molecule has 38 heavy (non-hydrogen) atoms. The monoisotopic (exact) mass is 519 g/mol. The quantitative estimate of drug-likeness (QED) is 0.256. The van der Waals surface area contributed by atoms with E-state index >= 15 is 0 Å². The number of hydrogen-bond acceptors (Lipinski definition) is 4. The van der Waals surface area contributed by atoms with Crippen molar-refractivity contribution in [1.82, 2.24) is 14.5 Å². The van der Waals surface area contributed by atoms with Crippen molar-refractivity contribution in [3.05, 3.63) is 94.9 Å². The number of ether oxygens (including phenoxy) is 1. The average molecular weight is 520 g/mol. The Morgan fingerprint density at radius 1 is 0.974 bits per heavy atom. The molecule has 8 heteroatoms. The minimum Gasteiger partial charge on any atom is -0.508 e. The first-order valence-corrected chi connectivity index (χ1v) is 12.4. The summed E-state index contributed by atoms with van der Waals surface area (Å²) in [5, 5.41) is 9.49. The van der Waals surface area contributed by atoms with E-state index in [2.05, 4.69) is 48.9 Å². The van der Waals surface area contributed by atoms with Crippen molar-refractivity contribution in [2.75, 3.05) is 6.61 Å². The number of pyridine rings is 1. The van der Waals surface area contributed by atoms with E-state index in [9.17, 15) is 18.3 Å². The maximum Gasteiger partial charge on any atom is 0.434 e. The summed E-state index contributed by atoms with van der Waals surface area (Å²) >= 11 is 0. The zero-order valence-corrected chi connectivity index (χ0v) is 21.4. The van der Waals surface area contributed by atoms with Gasteiger partial charge in [-0.3, -0.25) is 4.98 Å². The normalized spacial score (nSPS) is 15.3. The zero-order valence-electron chi connectivity index (χ0n) is 21.4. The van der Waals surface area contributed by atoms with Gasteiger partial charge in [0.2, 0.25) is 0 Å². The molecule has 0 aliphatic heterocycles. The predicted octanol–water partition coefficient (Wildman–Crippen LogP) is 7.60. The van der Waals surface area contributed by atoms with Gasteiger partial charge in [0.25, 0.3) is 0 Å². The highest BCUT2D eigenvalue weighted by Gasteiger charge is 2.35. The molecule has 1 unspecified atom stereocenters. The molecule has 1 aliphatic rings. The van der Waals surface area contributed by atoms with Crippen LogP contribution in [0.2, 0.25) is 0 Å². The summed E-state index contributed by atoms with van der Waals surface area (Å²) in [6.45, 7) is 6.71. The number of alkyl halides is 3. The number of phenolic OH excluding ortho intramolecular Hbond substituents is 1. The lowest BCUT2D eigenvalue weighted by atomic mass is 9.92. The number of imidazole rings is 1. The van der Waals surface area contributed by atoms with Crippen LogP contribution < -0.4 is 0 Å². The van der Waals surface area contributed by atoms with Gasteiger partial charge in [-0.25, -0.2) is 4.98 Å². The molecule has 196 valence electrons. The lowest BCUT2D eigenvalue weighted by Gasteiger charge is -2.16. The van der Waals surface area contributed by atoms with Gasteiger partial charge < -0.3 is 14.4 Å². The van der Waals surface area contributed by atoms with Crippen molar-refractivity contribution in [1.29, 1.82) is 0 Å². The Balaban J connectivity index is 1.32. The van der Waals surface area contributed by atoms with Crippen molar-refractivity contribution in [2.45, 2.75) is 46.0 Å². The van der Waals surface area contributed by atoms with Crippen LogP contribution in [0.1, 0.15) is 48.6 Å². The Hall–Kier alpha value is -3.91. The van der Waals surface area contributed by atoms with Crippen LogP contribution in [0.25, 0.3) is 28.2 Å². The maximum atomic E-state index is 13.5. The van der Waals surface area contributed by atoms with Crippen molar-refractivity contribution in [2.24, 2.45) is 0 Å². The van der Waals surface area contributed by atoms with E-state index in [0.717, 1.165) is 18.2 Å². The molecule has 4 aromatic rings. The first kappa shape index (κ1) is 25.7. The highest BCUT2D eigenvalue weighted by Crippen LogP contribution is 2.44. The SMILES string of the molecule is CC1=C(C)C(CCOCn2cc(C(F)(F)F)nc2-c2ccc(-c3ccc(O)cc3)nc2)c2cccc(C)c21. The summed E-state index contributed by atoms with van der Waals surface area (Å²) < 4.78 is 47.8. The molecule has 1 N–H and O–H groups in total. The number of aromatic hydroxyl groups is 1. The van der Waals surface area contributed by atoms with Gasteiger partial charge in [-0.1, -0.05) is 23.8 Å². The van der Waals surface area contributed by atoms with E-state index in [0.29, 0.717) is 17.9 Å². The van der Waals surface area contributed by atoms with Crippen LogP contribution >= 0.6 is 0 Å². The van der Waals surface area contributed by atoms with E-state index in [1.165, 1.54) is 38.6 Å². The topological polar surface area (TPSA) is 60.2 Å². The maximum absolute atomic E-state index is 13.5. The molecule has 0 fully saturated rings. The smallest absolute Gasteiger partial charge is 0.434 e. The van der Waals surface area contributed by atoms with E-state index in [4.69, 9.17) is 4.74 Å². The zero-order chi connectivity index (χ0) is 27.0. The van der Waals surface area contributed by atoms with Gasteiger partial charge in [0.1, 0.15) is 18.3 Å². The predicted molar refractivity (Wildman–Crippen MR) is 140 cm³/mol. The van der Waals surface area contributed by atoms with E-state index < -0.39 is 11.9 Å². The number of aryl methyl sites for hydroxylation is 1. The van der Waals surface area contributed by atoms with Crippen LogP contribution in [0.3, 0.4) is 0 Å². The first-order chi connectivity index (χ1) is 18.1. The summed E-state index contributed by atoms with van der Waals surface area (Å²) in [4.78, 5) is 8.26. The summed E-state index contributed by atoms with van der Waals surface area (Å²) in [5.74, 6) is 0.506. The Morgan fingerprint density at radius 3 is 2.39 bits per heavy atom. The van der Waals surface area contributed by atoms with Gasteiger partial charge in [0, 0.05) is 36.0 Å². The van der Waals surface area contributed by atoms with Gasteiger partial charge in [-0.15, -0.1) is 0 Å². The molecule has 0 bridgehead atoms. The minimum absolute atomic E-state index is 0.0622. The molecular weight excluding hydrogens is 491 g/mol. The molecule has 5 nitrogen and oxygen atoms in total. The van der Waals surface area contributed by atoms with Crippen molar-refractivity contribution in [3.8, 4) is 28.4 Å². The largest absolute Gasteiger partial charge is 0.508 e. The summed E-state index contributed by atoms with van der Waals surface area (Å²) in [7, 11) is 0. The molecule has 2 heterocycles. The van der Waals surface area contributed by atoms with Crippen LogP contribution in [0, 0.1) is 6.92 Å². The van der Waals surface area contributed by atoms with Crippen molar-refractivity contribution in [3.63, 3.8) is 0 Å². The molecule has 5 rings (SSSR count). The van der Waals surface area contributed by atoms with E-state index in [1.54, 1.807) is 36.4 Å². The van der Waals surface area contributed by atoms with Gasteiger partial charge in [-0.05, 0) is 85.9 Å². The van der Waals surface area contributed by atoms with Crippen molar-refractivity contribution >= 4 is 5.57 Å². The van der Waals surface area contributed by atoms with Gasteiger partial charge in [0.15, 0.2) is 5.69 Å². The Labute approximate surface area is 219 Å². The van der Waals surface area contributed by atoms with Crippen LogP contribution in [-0.4, -0.2) is 26.2 Å². The highest BCUT2D eigenvalue weighted by atomic mass is 19.4. The summed E-state index contributed by atoms with van der Waals surface area (Å²) in [6, 6.07) is 16.3. The van der Waals surface area contributed by atoms with Crippen LogP contribution in [-0.2, 0) is 17.6 Å². The molecule has 0 radical (unpaired) electrons. The van der Waals surface area contributed by atoms with Crippen LogP contribution in [0.4, 0.5) is 13.2 Å². The van der Waals surface area contributed by atoms with Gasteiger partial charge in [0.05, 0.1) is 5.69 Å². The fraction of sp³-hybridized carbons (Fsp3) is 0.267. The molecule has 0 spiro atoms. The molecule has 0 saturated carbocycles. The van der Waals surface area contributed by atoms with Gasteiger partial charge >= 0.3 is 6.18 Å². The Bertz CT molecular complexity index is 1490. The molecule has 0 amide bonds. The van der Waals surface area contributed by atoms with Crippen LogP contribution in [0.5, 0.6) is 5.75 Å². The molecule has 2 aromatic heterocycles. The number of phenols is 1. The fourth-order valence-electron chi connectivity index (χ4n) is 5.13. The number of rotatable bonds is 7. The molecule has 0 saturated heterocycles. The highest BCUT2D eigenvalue weighted by molar-refractivity contribution is 5.78. The first-order valence-electron chi connectivity index (χ1n) is 12.4. The third-order valence-electron chi connectivity index (χ3n) is 7.20. The molecule has 1 atom stereocenters. The number of hydrogen-bond donors (Lipinski definition) is 1. The number of fused-ring (bicyclic) bond motifs is 1. The number of nitrogens with zero attached hydrogens (tertiary/aromatic N) is 3. The molecule has 2 aromatic carbocycles. The second-order valence-corrected chi connectivity index (χ2v) is 9.62. The Kier molecular flexibility index (Phi) is 6.84. The molecule has 1 aliphatic carbocycles. The minimum atomic E-state index is -4.58. The number of aromatic nitrogens is 3. The second-order valence-electron chi connectivity index (χ2n) is 9.62. The number of benzene rings is 2. The summed E-state index contributed by atoms with van der Waals surface area (Å²) in [5.41, 5.74) is 7.30. The average Bonchev–Trinajstić information content (AvgIpc) is 3.43. The van der Waals surface area contributed by atoms with E-state index in [-0.39, 0.29) is 24.2 Å². The third-order valence-corrected chi connectivity index (χ3v) is 7.20. The second kappa shape index (κ2) is 10.1. The van der Waals surface area contributed by atoms with Crippen molar-refractivity contribution < 1.29 is 23.0 Å². The molecular formula is C30H28F3N3O2. The standard InChI is InChI=1S/C30H28F3N3O2/c1-18-5-4-6-25-24(19(2)20(3)28(18)25)13-14-38-17-36-16-27(30(31,32)33)35-29(36)22-9-12-26(34-15-22)21-7-10-23(37)11-8-21/h4-12,15-16,24,37H,13-14,17H2,1-3H3. The third kappa shape index (κ3) is 4.96. The van der Waals surface area contributed by atoms with E-state index in [1.807, 2.05) is 0 Å². The van der Waals surface area contributed by atoms with Crippen LogP contribution in [0.15, 0.2) is 72.6 Å². The summed E-state index contributed by atoms with van der Waals surface area (Å²) in [6.07, 6.45) is -1.37. The fourth-order valence-corrected chi connectivity index (χ4v) is 5.13.